The number of benzene rings is 1. The molecule has 0 saturated carbocycles. The van der Waals surface area contributed by atoms with Crippen molar-refractivity contribution in [3.63, 3.8) is 0 Å². The number of rotatable bonds is 3. The first-order chi connectivity index (χ1) is 7.63. The molecule has 1 rings (SSSR count). The smallest absolute Gasteiger partial charge is 0.333 e. The third kappa shape index (κ3) is 2.34. The van der Waals surface area contributed by atoms with Crippen molar-refractivity contribution in [3.8, 4) is 11.5 Å². The zero-order chi connectivity index (χ0) is 12.1. The van der Waals surface area contributed by atoms with E-state index >= 15 is 0 Å². The monoisotopic (exact) mass is 225 g/mol. The van der Waals surface area contributed by atoms with Gasteiger partial charge in [-0.25, -0.2) is 10.6 Å². The van der Waals surface area contributed by atoms with Crippen molar-refractivity contribution in [2.24, 2.45) is 5.84 Å². The van der Waals surface area contributed by atoms with Crippen LogP contribution in [0.15, 0.2) is 12.1 Å². The van der Waals surface area contributed by atoms with Gasteiger partial charge in [0.25, 0.3) is 0 Å². The number of hydrogen-bond acceptors (Lipinski definition) is 4. The minimum atomic E-state index is -0.511. The second-order valence-corrected chi connectivity index (χ2v) is 3.07. The van der Waals surface area contributed by atoms with Gasteiger partial charge in [-0.2, -0.15) is 0 Å². The van der Waals surface area contributed by atoms with Gasteiger partial charge in [0.05, 0.1) is 19.9 Å². The first-order valence-corrected chi connectivity index (χ1v) is 4.63. The molecule has 0 aliphatic rings. The Labute approximate surface area is 93.7 Å². The molecule has 4 N–H and O–H groups in total. The fourth-order valence-corrected chi connectivity index (χ4v) is 1.41. The molecule has 16 heavy (non-hydrogen) atoms. The number of carbonyl (C=O) groups is 1. The predicted octanol–water partition coefficient (Wildman–Crippen LogP) is 1.01. The maximum atomic E-state index is 11.1. The number of amides is 2. The van der Waals surface area contributed by atoms with Crippen molar-refractivity contribution in [2.45, 2.75) is 6.92 Å². The number of nitrogens with two attached hydrogens (primary N) is 1. The lowest BCUT2D eigenvalue weighted by Gasteiger charge is -2.14. The molecular weight excluding hydrogens is 210 g/mol. The van der Waals surface area contributed by atoms with Crippen molar-refractivity contribution in [1.82, 2.24) is 5.43 Å². The zero-order valence-corrected chi connectivity index (χ0v) is 9.46. The normalized spacial score (nSPS) is 9.50. The van der Waals surface area contributed by atoms with Crippen LogP contribution in [0.5, 0.6) is 11.5 Å². The van der Waals surface area contributed by atoms with E-state index in [4.69, 9.17) is 15.3 Å². The maximum absolute atomic E-state index is 11.1. The molecule has 0 radical (unpaired) electrons. The van der Waals surface area contributed by atoms with Crippen molar-refractivity contribution in [3.05, 3.63) is 17.7 Å². The van der Waals surface area contributed by atoms with Gasteiger partial charge >= 0.3 is 6.03 Å². The summed E-state index contributed by atoms with van der Waals surface area (Å²) < 4.78 is 10.3. The summed E-state index contributed by atoms with van der Waals surface area (Å²) in [5, 5.41) is 2.55. The van der Waals surface area contributed by atoms with E-state index in [9.17, 15) is 4.79 Å². The lowest BCUT2D eigenvalue weighted by atomic mass is 10.1. The standard InChI is InChI=1S/C10H15N3O3/c1-6-8(15-2)5-4-7(9(6)16-3)12-10(14)13-11/h4-5H,11H2,1-3H3,(H2,12,13,14). The van der Waals surface area contributed by atoms with Crippen LogP contribution in [-0.4, -0.2) is 20.3 Å². The third-order valence-corrected chi connectivity index (χ3v) is 2.16. The van der Waals surface area contributed by atoms with E-state index in [0.717, 1.165) is 5.56 Å². The number of urea groups is 1. The topological polar surface area (TPSA) is 85.6 Å². The largest absolute Gasteiger partial charge is 0.496 e. The van der Waals surface area contributed by atoms with Crippen LogP contribution in [-0.2, 0) is 0 Å². The van der Waals surface area contributed by atoms with Gasteiger partial charge in [0.15, 0.2) is 0 Å². The van der Waals surface area contributed by atoms with Gasteiger partial charge in [-0.05, 0) is 19.1 Å². The second kappa shape index (κ2) is 5.22. The Hall–Kier alpha value is -1.95. The summed E-state index contributed by atoms with van der Waals surface area (Å²) in [5.74, 6) is 6.21. The van der Waals surface area contributed by atoms with Gasteiger partial charge in [-0.15, -0.1) is 0 Å². The van der Waals surface area contributed by atoms with Crippen molar-refractivity contribution in [1.29, 1.82) is 0 Å². The number of ether oxygens (including phenoxy) is 2. The fraction of sp³-hybridized carbons (Fsp3) is 0.300. The predicted molar refractivity (Wildman–Crippen MR) is 60.6 cm³/mol. The summed E-state index contributed by atoms with van der Waals surface area (Å²) >= 11 is 0. The van der Waals surface area contributed by atoms with Gasteiger partial charge < -0.3 is 14.8 Å². The summed E-state index contributed by atoms with van der Waals surface area (Å²) in [6, 6.07) is 2.91. The van der Waals surface area contributed by atoms with E-state index in [-0.39, 0.29) is 0 Å². The Bertz CT molecular complexity index is 393. The summed E-state index contributed by atoms with van der Waals surface area (Å²) in [6.07, 6.45) is 0. The third-order valence-electron chi connectivity index (χ3n) is 2.16. The summed E-state index contributed by atoms with van der Waals surface area (Å²) in [7, 11) is 3.09. The molecule has 0 atom stereocenters. The van der Waals surface area contributed by atoms with Crippen LogP contribution in [0, 0.1) is 6.92 Å². The van der Waals surface area contributed by atoms with Crippen LogP contribution < -0.4 is 26.1 Å². The van der Waals surface area contributed by atoms with E-state index in [0.29, 0.717) is 17.2 Å². The highest BCUT2D eigenvalue weighted by molar-refractivity contribution is 5.91. The molecule has 0 aliphatic carbocycles. The Morgan fingerprint density at radius 3 is 2.50 bits per heavy atom. The summed E-state index contributed by atoms with van der Waals surface area (Å²) in [4.78, 5) is 11.1. The number of anilines is 1. The molecule has 6 heteroatoms. The Balaban J connectivity index is 3.10. The van der Waals surface area contributed by atoms with Crippen LogP contribution in [0.2, 0.25) is 0 Å². The van der Waals surface area contributed by atoms with Crippen LogP contribution >= 0.6 is 0 Å². The van der Waals surface area contributed by atoms with Gasteiger partial charge in [0.1, 0.15) is 11.5 Å². The molecule has 1 aromatic carbocycles. The highest BCUT2D eigenvalue weighted by atomic mass is 16.5. The molecule has 1 aromatic rings. The molecule has 0 unspecified atom stereocenters. The number of carbonyl (C=O) groups excluding carboxylic acids is 1. The number of nitrogens with one attached hydrogen (secondary N) is 2. The van der Waals surface area contributed by atoms with Crippen molar-refractivity contribution >= 4 is 11.7 Å². The molecule has 2 amide bonds. The highest BCUT2D eigenvalue weighted by Gasteiger charge is 2.12. The molecule has 0 spiro atoms. The maximum Gasteiger partial charge on any atom is 0.333 e. The molecule has 0 aromatic heterocycles. The van der Waals surface area contributed by atoms with E-state index in [1.165, 1.54) is 7.11 Å². The molecule has 0 saturated heterocycles. The highest BCUT2D eigenvalue weighted by Crippen LogP contribution is 2.34. The van der Waals surface area contributed by atoms with Gasteiger partial charge in [-0.3, -0.25) is 5.43 Å². The number of hydrazine groups is 1. The minimum Gasteiger partial charge on any atom is -0.496 e. The van der Waals surface area contributed by atoms with E-state index in [1.54, 1.807) is 19.2 Å². The average Bonchev–Trinajstić information content (AvgIpc) is 2.29. The quantitative estimate of drug-likeness (QED) is 0.407. The fourth-order valence-electron chi connectivity index (χ4n) is 1.41. The number of hydrogen-bond donors (Lipinski definition) is 3. The lowest BCUT2D eigenvalue weighted by molar-refractivity contribution is 0.252. The summed E-state index contributed by atoms with van der Waals surface area (Å²) in [5.41, 5.74) is 3.31. The SMILES string of the molecule is COc1ccc(NC(=O)NN)c(OC)c1C. The van der Waals surface area contributed by atoms with E-state index < -0.39 is 6.03 Å². The first kappa shape index (κ1) is 12.1. The molecule has 88 valence electrons. The lowest BCUT2D eigenvalue weighted by Crippen LogP contribution is -2.34. The Kier molecular flexibility index (Phi) is 3.96. The first-order valence-electron chi connectivity index (χ1n) is 4.63. The van der Waals surface area contributed by atoms with E-state index in [2.05, 4.69) is 5.32 Å². The molecule has 0 aliphatic heterocycles. The Morgan fingerprint density at radius 2 is 2.00 bits per heavy atom. The van der Waals surface area contributed by atoms with Gasteiger partial charge in [0.2, 0.25) is 0 Å². The minimum absolute atomic E-state index is 0.511. The van der Waals surface area contributed by atoms with Crippen molar-refractivity contribution in [2.75, 3.05) is 19.5 Å². The van der Waals surface area contributed by atoms with E-state index in [1.807, 2.05) is 12.3 Å². The Morgan fingerprint density at radius 1 is 1.31 bits per heavy atom. The molecule has 0 heterocycles. The zero-order valence-electron chi connectivity index (χ0n) is 9.46. The van der Waals surface area contributed by atoms with Gasteiger partial charge in [-0.1, -0.05) is 0 Å². The van der Waals surface area contributed by atoms with Crippen LogP contribution in [0.25, 0.3) is 0 Å². The van der Waals surface area contributed by atoms with Crippen molar-refractivity contribution < 1.29 is 14.3 Å². The van der Waals surface area contributed by atoms with Crippen LogP contribution in [0.3, 0.4) is 0 Å². The molecule has 0 bridgehead atoms. The van der Waals surface area contributed by atoms with Crippen LogP contribution in [0.4, 0.5) is 10.5 Å². The van der Waals surface area contributed by atoms with Crippen LogP contribution in [0.1, 0.15) is 5.56 Å². The average molecular weight is 225 g/mol. The second-order valence-electron chi connectivity index (χ2n) is 3.07. The summed E-state index contributed by atoms with van der Waals surface area (Å²) in [6.45, 7) is 1.84. The number of methoxy groups -OCH3 is 2. The molecule has 6 nitrogen and oxygen atoms in total. The molecular formula is C10H15N3O3. The van der Waals surface area contributed by atoms with Gasteiger partial charge in [0, 0.05) is 5.56 Å². The molecule has 0 fully saturated rings.